The first-order chi connectivity index (χ1) is 10.1. The number of nitrogens with two attached hydrogens (primary N) is 1. The van der Waals surface area contributed by atoms with E-state index < -0.39 is 0 Å². The molecule has 1 aliphatic heterocycles. The smallest absolute Gasteiger partial charge is 0.258 e. The van der Waals surface area contributed by atoms with Crippen molar-refractivity contribution in [3.8, 4) is 0 Å². The van der Waals surface area contributed by atoms with E-state index in [0.29, 0.717) is 22.5 Å². The topological polar surface area (TPSA) is 95.2 Å². The average Bonchev–Trinajstić information content (AvgIpc) is 2.48. The number of anilines is 2. The minimum atomic E-state index is -0.263. The molecule has 1 aromatic heterocycles. The number of nitrogen functional groups attached to an aromatic ring is 1. The largest absolute Gasteiger partial charge is 0.397 e. The molecule has 1 atom stereocenters. The van der Waals surface area contributed by atoms with Gasteiger partial charge in [-0.15, -0.1) is 0 Å². The molecule has 0 bridgehead atoms. The maximum absolute atomic E-state index is 11.7. The summed E-state index contributed by atoms with van der Waals surface area (Å²) in [5.41, 5.74) is 8.10. The fourth-order valence-electron chi connectivity index (χ4n) is 3.02. The number of rotatable bonds is 2. The summed E-state index contributed by atoms with van der Waals surface area (Å²) in [5, 5.41) is 10.2. The van der Waals surface area contributed by atoms with E-state index in [9.17, 15) is 9.90 Å². The molecule has 0 saturated carbocycles. The van der Waals surface area contributed by atoms with Crippen molar-refractivity contribution in [2.75, 3.05) is 23.7 Å². The number of hydrogen-bond acceptors (Lipinski definition) is 5. The molecule has 2 heterocycles. The van der Waals surface area contributed by atoms with E-state index in [1.54, 1.807) is 6.07 Å². The van der Waals surface area contributed by atoms with Gasteiger partial charge in [-0.3, -0.25) is 4.79 Å². The molecule has 1 unspecified atom stereocenters. The molecular formula is C15H20N4O2. The van der Waals surface area contributed by atoms with Gasteiger partial charge in [0.2, 0.25) is 0 Å². The minimum absolute atomic E-state index is 0.175. The summed E-state index contributed by atoms with van der Waals surface area (Å²) in [6, 6.07) is 3.57. The molecule has 1 fully saturated rings. The molecule has 3 rings (SSSR count). The highest BCUT2D eigenvalue weighted by Crippen LogP contribution is 2.31. The Labute approximate surface area is 122 Å². The Morgan fingerprint density at radius 2 is 2.14 bits per heavy atom. The van der Waals surface area contributed by atoms with Crippen LogP contribution < -0.4 is 16.2 Å². The Balaban J connectivity index is 1.91. The van der Waals surface area contributed by atoms with E-state index in [0.717, 1.165) is 31.6 Å². The molecule has 1 saturated heterocycles. The van der Waals surface area contributed by atoms with E-state index >= 15 is 0 Å². The number of aromatic amines is 1. The summed E-state index contributed by atoms with van der Waals surface area (Å²) < 4.78 is 0. The number of benzene rings is 1. The van der Waals surface area contributed by atoms with Crippen LogP contribution in [-0.2, 0) is 0 Å². The molecule has 0 aliphatic carbocycles. The van der Waals surface area contributed by atoms with Gasteiger partial charge < -0.3 is 20.7 Å². The first kappa shape index (κ1) is 13.9. The third-order valence-electron chi connectivity index (χ3n) is 4.35. The quantitative estimate of drug-likeness (QED) is 0.719. The van der Waals surface area contributed by atoms with Crippen molar-refractivity contribution in [3.05, 3.63) is 28.8 Å². The third-order valence-corrected chi connectivity index (χ3v) is 4.35. The average molecular weight is 288 g/mol. The maximum atomic E-state index is 11.7. The lowest BCUT2D eigenvalue weighted by Gasteiger charge is -2.35. The van der Waals surface area contributed by atoms with E-state index in [-0.39, 0.29) is 11.7 Å². The van der Waals surface area contributed by atoms with Gasteiger partial charge in [0.25, 0.3) is 5.56 Å². The highest BCUT2D eigenvalue weighted by Gasteiger charge is 2.24. The highest BCUT2D eigenvalue weighted by atomic mass is 16.3. The van der Waals surface area contributed by atoms with Gasteiger partial charge in [-0.05, 0) is 37.8 Å². The molecule has 21 heavy (non-hydrogen) atoms. The molecule has 4 N–H and O–H groups in total. The molecule has 6 nitrogen and oxygen atoms in total. The predicted molar refractivity (Wildman–Crippen MR) is 83.4 cm³/mol. The van der Waals surface area contributed by atoms with Crippen molar-refractivity contribution in [2.24, 2.45) is 5.92 Å². The summed E-state index contributed by atoms with van der Waals surface area (Å²) in [4.78, 5) is 20.7. The monoisotopic (exact) mass is 288 g/mol. The molecule has 112 valence electrons. The third kappa shape index (κ3) is 2.58. The minimum Gasteiger partial charge on any atom is -0.397 e. The zero-order valence-corrected chi connectivity index (χ0v) is 12.0. The van der Waals surface area contributed by atoms with Gasteiger partial charge in [-0.2, -0.15) is 0 Å². The number of H-pyrrole nitrogens is 1. The second-order valence-corrected chi connectivity index (χ2v) is 5.72. The summed E-state index contributed by atoms with van der Waals surface area (Å²) in [7, 11) is 0. The van der Waals surface area contributed by atoms with E-state index in [1.165, 1.54) is 6.33 Å². The Morgan fingerprint density at radius 3 is 2.81 bits per heavy atom. The zero-order chi connectivity index (χ0) is 15.0. The van der Waals surface area contributed by atoms with Crippen LogP contribution in [0.4, 0.5) is 11.4 Å². The van der Waals surface area contributed by atoms with Crippen LogP contribution in [0.5, 0.6) is 0 Å². The van der Waals surface area contributed by atoms with E-state index in [2.05, 4.69) is 14.9 Å². The van der Waals surface area contributed by atoms with Gasteiger partial charge >= 0.3 is 0 Å². The molecule has 1 aliphatic rings. The molecule has 1 aromatic carbocycles. The van der Waals surface area contributed by atoms with Crippen LogP contribution in [0.3, 0.4) is 0 Å². The molecule has 0 amide bonds. The Morgan fingerprint density at radius 1 is 1.43 bits per heavy atom. The molecular weight excluding hydrogens is 268 g/mol. The fraction of sp³-hybridized carbons (Fsp3) is 0.467. The normalized spacial score (nSPS) is 18.1. The Hall–Kier alpha value is -2.08. The van der Waals surface area contributed by atoms with Crippen LogP contribution >= 0.6 is 0 Å². The first-order valence-electron chi connectivity index (χ1n) is 7.26. The van der Waals surface area contributed by atoms with Crippen molar-refractivity contribution in [1.82, 2.24) is 9.97 Å². The molecule has 2 aromatic rings. The van der Waals surface area contributed by atoms with Crippen molar-refractivity contribution < 1.29 is 5.11 Å². The van der Waals surface area contributed by atoms with Crippen LogP contribution in [0.15, 0.2) is 23.3 Å². The Kier molecular flexibility index (Phi) is 3.55. The van der Waals surface area contributed by atoms with Gasteiger partial charge in [0, 0.05) is 13.1 Å². The number of fused-ring (bicyclic) bond motifs is 1. The number of aromatic nitrogens is 2. The van der Waals surface area contributed by atoms with Gasteiger partial charge in [-0.25, -0.2) is 4.98 Å². The van der Waals surface area contributed by atoms with Crippen LogP contribution in [-0.4, -0.2) is 34.3 Å². The second-order valence-electron chi connectivity index (χ2n) is 5.72. The van der Waals surface area contributed by atoms with Gasteiger partial charge in [-0.1, -0.05) is 0 Å². The van der Waals surface area contributed by atoms with Crippen molar-refractivity contribution in [2.45, 2.75) is 25.9 Å². The summed E-state index contributed by atoms with van der Waals surface area (Å²) in [6.45, 7) is 3.56. The number of nitrogens with zero attached hydrogens (tertiary/aromatic N) is 2. The number of aliphatic hydroxyl groups is 1. The number of hydrogen-bond donors (Lipinski definition) is 3. The SMILES string of the molecule is CC(O)C1CCN(c2cc3nc[nH]c(=O)c3cc2N)CC1. The Bertz CT molecular complexity index is 702. The van der Waals surface area contributed by atoms with Crippen molar-refractivity contribution >= 4 is 22.3 Å². The lowest BCUT2D eigenvalue weighted by atomic mass is 9.92. The van der Waals surface area contributed by atoms with Crippen LogP contribution in [0.2, 0.25) is 0 Å². The maximum Gasteiger partial charge on any atom is 0.258 e. The fourth-order valence-corrected chi connectivity index (χ4v) is 3.02. The lowest BCUT2D eigenvalue weighted by Crippen LogP contribution is -2.37. The zero-order valence-electron chi connectivity index (χ0n) is 12.0. The van der Waals surface area contributed by atoms with Crippen LogP contribution in [0, 0.1) is 5.92 Å². The summed E-state index contributed by atoms with van der Waals surface area (Å²) in [6.07, 6.45) is 3.03. The van der Waals surface area contributed by atoms with Gasteiger partial charge in [0.05, 0.1) is 34.7 Å². The predicted octanol–water partition coefficient (Wildman–Crippen LogP) is 1.10. The van der Waals surface area contributed by atoms with Gasteiger partial charge in [0.15, 0.2) is 0 Å². The molecule has 0 radical (unpaired) electrons. The second kappa shape index (κ2) is 5.37. The van der Waals surface area contributed by atoms with Crippen molar-refractivity contribution in [1.29, 1.82) is 0 Å². The molecule has 6 heteroatoms. The van der Waals surface area contributed by atoms with Crippen LogP contribution in [0.1, 0.15) is 19.8 Å². The van der Waals surface area contributed by atoms with Crippen LogP contribution in [0.25, 0.3) is 10.9 Å². The number of aliphatic hydroxyl groups excluding tert-OH is 1. The number of nitrogens with one attached hydrogen (secondary N) is 1. The standard InChI is InChI=1S/C15H20N4O2/c1-9(20)10-2-4-19(5-3-10)14-7-13-11(6-12(14)16)15(21)18-8-17-13/h6-10,20H,2-5,16H2,1H3,(H,17,18,21). The summed E-state index contributed by atoms with van der Waals surface area (Å²) in [5.74, 6) is 0.351. The first-order valence-corrected chi connectivity index (χ1v) is 7.26. The van der Waals surface area contributed by atoms with Gasteiger partial charge in [0.1, 0.15) is 0 Å². The number of piperidine rings is 1. The lowest BCUT2D eigenvalue weighted by molar-refractivity contribution is 0.110. The molecule has 0 spiro atoms. The highest BCUT2D eigenvalue weighted by molar-refractivity contribution is 5.88. The van der Waals surface area contributed by atoms with Crippen molar-refractivity contribution in [3.63, 3.8) is 0 Å². The summed E-state index contributed by atoms with van der Waals surface area (Å²) >= 11 is 0. The van der Waals surface area contributed by atoms with E-state index in [4.69, 9.17) is 5.73 Å². The van der Waals surface area contributed by atoms with E-state index in [1.807, 2.05) is 13.0 Å².